The predicted molar refractivity (Wildman–Crippen MR) is 99.4 cm³/mol. The number of imidazole rings is 1. The van der Waals surface area contributed by atoms with Gasteiger partial charge < -0.3 is 15.0 Å². The summed E-state index contributed by atoms with van der Waals surface area (Å²) in [5.41, 5.74) is 3.02. The molecule has 3 aromatic rings. The molecular formula is C20H21N3O3. The van der Waals surface area contributed by atoms with Gasteiger partial charge in [-0.3, -0.25) is 9.59 Å². The Hall–Kier alpha value is -3.15. The molecule has 2 aromatic carbocycles. The minimum absolute atomic E-state index is 0.0510. The van der Waals surface area contributed by atoms with Gasteiger partial charge >= 0.3 is 0 Å². The number of rotatable bonds is 6. The summed E-state index contributed by atoms with van der Waals surface area (Å²) in [7, 11) is 1.54. The van der Waals surface area contributed by atoms with Crippen LogP contribution >= 0.6 is 0 Å². The van der Waals surface area contributed by atoms with Crippen LogP contribution in [0, 0.1) is 0 Å². The third kappa shape index (κ3) is 3.74. The molecule has 0 aliphatic heterocycles. The molecule has 0 fully saturated rings. The van der Waals surface area contributed by atoms with Crippen LogP contribution in [0.3, 0.4) is 0 Å². The molecule has 6 nitrogen and oxygen atoms in total. The number of hydrogen-bond acceptors (Lipinski definition) is 4. The zero-order chi connectivity index (χ0) is 18.7. The summed E-state index contributed by atoms with van der Waals surface area (Å²) >= 11 is 0. The van der Waals surface area contributed by atoms with Gasteiger partial charge in [0, 0.05) is 11.1 Å². The second kappa shape index (κ2) is 7.39. The Balaban J connectivity index is 1.73. The number of H-pyrrole nitrogens is 1. The van der Waals surface area contributed by atoms with Crippen LogP contribution in [-0.2, 0) is 11.2 Å². The van der Waals surface area contributed by atoms with E-state index in [-0.39, 0.29) is 24.2 Å². The molecule has 0 aliphatic carbocycles. The number of para-hydroxylation sites is 2. The summed E-state index contributed by atoms with van der Waals surface area (Å²) in [6.07, 6.45) is 0.120. The number of nitrogens with one attached hydrogen (secondary N) is 2. The number of methoxy groups -OCH3 is 1. The fourth-order valence-corrected chi connectivity index (χ4v) is 2.85. The number of Topliss-reactive ketones (excluding diaryl/α,β-unsaturated/α-hetero) is 1. The van der Waals surface area contributed by atoms with Crippen molar-refractivity contribution in [2.75, 3.05) is 7.11 Å². The average Bonchev–Trinajstić information content (AvgIpc) is 3.05. The SMILES string of the molecule is COc1ccc(C(C)=O)cc1CC(=O)N[C@@H](C)c1nc2ccccc2[nH]1. The maximum Gasteiger partial charge on any atom is 0.225 e. The van der Waals surface area contributed by atoms with Crippen molar-refractivity contribution in [1.29, 1.82) is 0 Å². The zero-order valence-electron chi connectivity index (χ0n) is 15.0. The number of aromatic nitrogens is 2. The molecule has 0 saturated carbocycles. The molecule has 1 amide bonds. The van der Waals surface area contributed by atoms with E-state index in [0.29, 0.717) is 22.7 Å². The predicted octanol–water partition coefficient (Wildman–Crippen LogP) is 3.19. The Kier molecular flexibility index (Phi) is 5.02. The molecule has 0 saturated heterocycles. The average molecular weight is 351 g/mol. The number of ether oxygens (including phenoxy) is 1. The highest BCUT2D eigenvalue weighted by molar-refractivity contribution is 5.94. The first kappa shape index (κ1) is 17.7. The standard InChI is InChI=1S/C20H21N3O3/c1-12(20-22-16-6-4-5-7-17(16)23-20)21-19(25)11-15-10-14(13(2)24)8-9-18(15)26-3/h4-10,12H,11H2,1-3H3,(H,21,25)(H,22,23)/t12-/m0/s1. The van der Waals surface area contributed by atoms with Gasteiger partial charge in [-0.2, -0.15) is 0 Å². The van der Waals surface area contributed by atoms with Crippen molar-refractivity contribution in [3.63, 3.8) is 0 Å². The minimum Gasteiger partial charge on any atom is -0.496 e. The number of ketones is 1. The van der Waals surface area contributed by atoms with Crippen molar-refractivity contribution in [3.8, 4) is 5.75 Å². The van der Waals surface area contributed by atoms with E-state index in [1.165, 1.54) is 6.92 Å². The maximum atomic E-state index is 12.5. The first-order chi connectivity index (χ1) is 12.5. The second-order valence-corrected chi connectivity index (χ2v) is 6.19. The number of nitrogens with zero attached hydrogens (tertiary/aromatic N) is 1. The monoisotopic (exact) mass is 351 g/mol. The van der Waals surface area contributed by atoms with Crippen LogP contribution in [0.1, 0.15) is 41.6 Å². The largest absolute Gasteiger partial charge is 0.496 e. The molecule has 134 valence electrons. The van der Waals surface area contributed by atoms with Gasteiger partial charge in [-0.1, -0.05) is 12.1 Å². The molecule has 6 heteroatoms. The van der Waals surface area contributed by atoms with Gasteiger partial charge in [0.1, 0.15) is 11.6 Å². The van der Waals surface area contributed by atoms with Crippen LogP contribution in [-0.4, -0.2) is 28.8 Å². The first-order valence-electron chi connectivity index (χ1n) is 8.40. The fourth-order valence-electron chi connectivity index (χ4n) is 2.85. The lowest BCUT2D eigenvalue weighted by Gasteiger charge is -2.13. The zero-order valence-corrected chi connectivity index (χ0v) is 15.0. The van der Waals surface area contributed by atoms with Gasteiger partial charge in [-0.05, 0) is 44.2 Å². The highest BCUT2D eigenvalue weighted by Crippen LogP contribution is 2.21. The highest BCUT2D eigenvalue weighted by Gasteiger charge is 2.16. The molecule has 1 atom stereocenters. The second-order valence-electron chi connectivity index (χ2n) is 6.19. The van der Waals surface area contributed by atoms with Crippen molar-refractivity contribution in [3.05, 3.63) is 59.4 Å². The van der Waals surface area contributed by atoms with Gasteiger partial charge in [0.2, 0.25) is 5.91 Å². The number of carbonyl (C=O) groups excluding carboxylic acids is 2. The maximum absolute atomic E-state index is 12.5. The highest BCUT2D eigenvalue weighted by atomic mass is 16.5. The fraction of sp³-hybridized carbons (Fsp3) is 0.250. The Morgan fingerprint density at radius 1 is 1.23 bits per heavy atom. The number of aromatic amines is 1. The number of hydrogen-bond donors (Lipinski definition) is 2. The van der Waals surface area contributed by atoms with Gasteiger partial charge in [0.15, 0.2) is 5.78 Å². The van der Waals surface area contributed by atoms with E-state index in [4.69, 9.17) is 4.74 Å². The number of amides is 1. The molecule has 1 aromatic heterocycles. The van der Waals surface area contributed by atoms with E-state index in [1.54, 1.807) is 25.3 Å². The lowest BCUT2D eigenvalue weighted by Crippen LogP contribution is -2.29. The quantitative estimate of drug-likeness (QED) is 0.668. The van der Waals surface area contributed by atoms with Crippen molar-refractivity contribution in [2.24, 2.45) is 0 Å². The molecule has 0 radical (unpaired) electrons. The number of fused-ring (bicyclic) bond motifs is 1. The summed E-state index contributed by atoms with van der Waals surface area (Å²) in [5, 5.41) is 2.93. The summed E-state index contributed by atoms with van der Waals surface area (Å²) in [5.74, 6) is 1.06. The normalized spacial score (nSPS) is 12.0. The van der Waals surface area contributed by atoms with Crippen molar-refractivity contribution in [1.82, 2.24) is 15.3 Å². The van der Waals surface area contributed by atoms with E-state index >= 15 is 0 Å². The molecule has 2 N–H and O–H groups in total. The van der Waals surface area contributed by atoms with Gasteiger partial charge in [0.25, 0.3) is 0 Å². The Morgan fingerprint density at radius 2 is 2.00 bits per heavy atom. The molecule has 0 spiro atoms. The molecule has 0 bridgehead atoms. The summed E-state index contributed by atoms with van der Waals surface area (Å²) in [6, 6.07) is 12.6. The third-order valence-electron chi connectivity index (χ3n) is 4.23. The molecule has 0 aliphatic rings. The first-order valence-corrected chi connectivity index (χ1v) is 8.40. The van der Waals surface area contributed by atoms with Crippen LogP contribution in [0.2, 0.25) is 0 Å². The summed E-state index contributed by atoms with van der Waals surface area (Å²) in [4.78, 5) is 31.8. The van der Waals surface area contributed by atoms with Crippen LogP contribution in [0.5, 0.6) is 5.75 Å². The Labute approximate surface area is 151 Å². The summed E-state index contributed by atoms with van der Waals surface area (Å²) < 4.78 is 5.30. The van der Waals surface area contributed by atoms with Crippen LogP contribution in [0.25, 0.3) is 11.0 Å². The van der Waals surface area contributed by atoms with E-state index in [1.807, 2.05) is 31.2 Å². The smallest absolute Gasteiger partial charge is 0.225 e. The molecule has 1 heterocycles. The molecule has 26 heavy (non-hydrogen) atoms. The lowest BCUT2D eigenvalue weighted by molar-refractivity contribution is -0.121. The molecule has 0 unspecified atom stereocenters. The number of benzene rings is 2. The van der Waals surface area contributed by atoms with Gasteiger partial charge in [-0.15, -0.1) is 0 Å². The van der Waals surface area contributed by atoms with E-state index in [0.717, 1.165) is 11.0 Å². The van der Waals surface area contributed by atoms with Gasteiger partial charge in [0.05, 0.1) is 30.6 Å². The third-order valence-corrected chi connectivity index (χ3v) is 4.23. The topological polar surface area (TPSA) is 84.1 Å². The number of carbonyl (C=O) groups is 2. The van der Waals surface area contributed by atoms with Crippen molar-refractivity contribution >= 4 is 22.7 Å². The molecular weight excluding hydrogens is 330 g/mol. The van der Waals surface area contributed by atoms with E-state index < -0.39 is 0 Å². The van der Waals surface area contributed by atoms with E-state index in [9.17, 15) is 9.59 Å². The van der Waals surface area contributed by atoms with Gasteiger partial charge in [-0.25, -0.2) is 4.98 Å². The Bertz CT molecular complexity index is 929. The summed E-state index contributed by atoms with van der Waals surface area (Å²) in [6.45, 7) is 3.37. The lowest BCUT2D eigenvalue weighted by atomic mass is 10.0. The van der Waals surface area contributed by atoms with Crippen LogP contribution in [0.4, 0.5) is 0 Å². The molecule has 3 rings (SSSR count). The van der Waals surface area contributed by atoms with Crippen molar-refractivity contribution < 1.29 is 14.3 Å². The minimum atomic E-state index is -0.267. The van der Waals surface area contributed by atoms with E-state index in [2.05, 4.69) is 15.3 Å². The van der Waals surface area contributed by atoms with Crippen LogP contribution in [0.15, 0.2) is 42.5 Å². The Morgan fingerprint density at radius 3 is 2.69 bits per heavy atom. The van der Waals surface area contributed by atoms with Crippen molar-refractivity contribution in [2.45, 2.75) is 26.3 Å². The van der Waals surface area contributed by atoms with Crippen LogP contribution < -0.4 is 10.1 Å².